The van der Waals surface area contributed by atoms with Crippen molar-refractivity contribution in [2.45, 2.75) is 11.4 Å². The molecule has 1 aromatic heterocycles. The second-order valence-corrected chi connectivity index (χ2v) is 6.17. The summed E-state index contributed by atoms with van der Waals surface area (Å²) in [4.78, 5) is 4.19. The molecule has 0 radical (unpaired) electrons. The third-order valence-electron chi connectivity index (χ3n) is 2.81. The molecule has 0 amide bonds. The van der Waals surface area contributed by atoms with Gasteiger partial charge in [0.1, 0.15) is 0 Å². The molecule has 2 aromatic rings. The molecule has 0 spiro atoms. The van der Waals surface area contributed by atoms with E-state index in [-0.39, 0.29) is 24.6 Å². The number of pyridine rings is 1. The maximum atomic E-state index is 12.5. The molecule has 0 fully saturated rings. The Labute approximate surface area is 118 Å². The van der Waals surface area contributed by atoms with Crippen molar-refractivity contribution in [3.63, 3.8) is 0 Å². The number of sulfonamides is 1. The zero-order valence-corrected chi connectivity index (χ0v) is 11.7. The molecule has 0 aliphatic heterocycles. The quantitative estimate of drug-likeness (QED) is 0.870. The molecule has 1 heterocycles. The van der Waals surface area contributed by atoms with Gasteiger partial charge in [0.25, 0.3) is 0 Å². The monoisotopic (exact) mass is 292 g/mol. The number of rotatable bonds is 6. The van der Waals surface area contributed by atoms with Gasteiger partial charge in [-0.1, -0.05) is 24.3 Å². The van der Waals surface area contributed by atoms with Gasteiger partial charge < -0.3 is 5.11 Å². The van der Waals surface area contributed by atoms with Gasteiger partial charge in [-0.05, 0) is 23.8 Å². The summed E-state index contributed by atoms with van der Waals surface area (Å²) in [5, 5.41) is 9.10. The molecule has 0 aliphatic carbocycles. The van der Waals surface area contributed by atoms with Crippen LogP contribution in [0.2, 0.25) is 0 Å². The van der Waals surface area contributed by atoms with E-state index in [0.717, 1.165) is 5.56 Å². The summed E-state index contributed by atoms with van der Waals surface area (Å²) >= 11 is 0. The lowest BCUT2D eigenvalue weighted by atomic mass is 10.3. The van der Waals surface area contributed by atoms with Gasteiger partial charge in [0.05, 0.1) is 11.5 Å². The van der Waals surface area contributed by atoms with Gasteiger partial charge in [-0.25, -0.2) is 8.42 Å². The first kappa shape index (κ1) is 14.6. The van der Waals surface area contributed by atoms with E-state index in [0.29, 0.717) is 0 Å². The molecule has 20 heavy (non-hydrogen) atoms. The van der Waals surface area contributed by atoms with E-state index in [1.165, 1.54) is 4.31 Å². The van der Waals surface area contributed by atoms with Crippen LogP contribution in [0.1, 0.15) is 5.56 Å². The predicted octanol–water partition coefficient (Wildman–Crippen LogP) is 1.26. The van der Waals surface area contributed by atoms with Gasteiger partial charge in [0, 0.05) is 25.5 Å². The molecule has 0 unspecified atom stereocenters. The number of aliphatic hydroxyl groups excluding tert-OH is 1. The molecular weight excluding hydrogens is 276 g/mol. The highest BCUT2D eigenvalue weighted by Crippen LogP contribution is 2.17. The number of hydrogen-bond donors (Lipinski definition) is 1. The number of aliphatic hydroxyl groups is 1. The number of benzene rings is 1. The van der Waals surface area contributed by atoms with Crippen molar-refractivity contribution in [3.8, 4) is 0 Å². The Balaban J connectivity index is 2.29. The van der Waals surface area contributed by atoms with Crippen LogP contribution in [0.4, 0.5) is 0 Å². The Hall–Kier alpha value is -1.76. The van der Waals surface area contributed by atoms with Crippen molar-refractivity contribution in [1.82, 2.24) is 9.29 Å². The topological polar surface area (TPSA) is 70.5 Å². The molecule has 0 saturated heterocycles. The van der Waals surface area contributed by atoms with Gasteiger partial charge in [0.2, 0.25) is 10.0 Å². The first-order valence-electron chi connectivity index (χ1n) is 6.19. The van der Waals surface area contributed by atoms with Crippen molar-refractivity contribution in [2.24, 2.45) is 0 Å². The maximum absolute atomic E-state index is 12.5. The summed E-state index contributed by atoms with van der Waals surface area (Å²) in [6, 6.07) is 11.8. The summed E-state index contributed by atoms with van der Waals surface area (Å²) in [5.74, 6) is 0. The molecule has 0 aliphatic rings. The number of aromatic nitrogens is 1. The third kappa shape index (κ3) is 3.41. The minimum absolute atomic E-state index is 0.0477. The van der Waals surface area contributed by atoms with Crippen LogP contribution in [-0.2, 0) is 16.6 Å². The fourth-order valence-corrected chi connectivity index (χ4v) is 3.27. The van der Waals surface area contributed by atoms with E-state index in [4.69, 9.17) is 5.11 Å². The molecule has 2 rings (SSSR count). The van der Waals surface area contributed by atoms with E-state index >= 15 is 0 Å². The second-order valence-electron chi connectivity index (χ2n) is 4.24. The number of hydrogen-bond acceptors (Lipinski definition) is 4. The first-order chi connectivity index (χ1) is 9.64. The minimum Gasteiger partial charge on any atom is -0.395 e. The van der Waals surface area contributed by atoms with Crippen LogP contribution in [0.3, 0.4) is 0 Å². The summed E-state index contributed by atoms with van der Waals surface area (Å²) in [6.07, 6.45) is 3.25. The summed E-state index contributed by atoms with van der Waals surface area (Å²) in [5.41, 5.74) is 0.778. The smallest absolute Gasteiger partial charge is 0.243 e. The van der Waals surface area contributed by atoms with Crippen LogP contribution >= 0.6 is 0 Å². The van der Waals surface area contributed by atoms with Crippen LogP contribution in [0.25, 0.3) is 0 Å². The van der Waals surface area contributed by atoms with Crippen LogP contribution in [-0.4, -0.2) is 36.0 Å². The molecule has 0 saturated carbocycles. The van der Waals surface area contributed by atoms with E-state index < -0.39 is 10.0 Å². The van der Waals surface area contributed by atoms with Crippen molar-refractivity contribution in [3.05, 3.63) is 60.4 Å². The largest absolute Gasteiger partial charge is 0.395 e. The van der Waals surface area contributed by atoms with Crippen molar-refractivity contribution in [2.75, 3.05) is 13.2 Å². The molecular formula is C14H16N2O3S. The van der Waals surface area contributed by atoms with Crippen LogP contribution in [0.5, 0.6) is 0 Å². The lowest BCUT2D eigenvalue weighted by Gasteiger charge is -2.21. The highest BCUT2D eigenvalue weighted by Gasteiger charge is 2.23. The summed E-state index contributed by atoms with van der Waals surface area (Å²) in [6.45, 7) is 0.00404. The summed E-state index contributed by atoms with van der Waals surface area (Å²) in [7, 11) is -3.62. The second kappa shape index (κ2) is 6.60. The maximum Gasteiger partial charge on any atom is 0.243 e. The van der Waals surface area contributed by atoms with Gasteiger partial charge in [-0.2, -0.15) is 4.31 Å². The standard InChI is InChI=1S/C14H16N2O3S/c17-10-9-16(12-13-5-4-8-15-11-13)20(18,19)14-6-2-1-3-7-14/h1-8,11,17H,9-10,12H2. The van der Waals surface area contributed by atoms with Crippen LogP contribution in [0.15, 0.2) is 59.8 Å². The zero-order valence-electron chi connectivity index (χ0n) is 10.9. The molecule has 106 valence electrons. The lowest BCUT2D eigenvalue weighted by Crippen LogP contribution is -2.33. The normalized spacial score (nSPS) is 11.7. The highest BCUT2D eigenvalue weighted by molar-refractivity contribution is 7.89. The molecule has 5 nitrogen and oxygen atoms in total. The van der Waals surface area contributed by atoms with Gasteiger partial charge in [-0.15, -0.1) is 0 Å². The van der Waals surface area contributed by atoms with Gasteiger partial charge >= 0.3 is 0 Å². The Bertz CT molecular complexity index is 630. The van der Waals surface area contributed by atoms with Gasteiger partial charge in [0.15, 0.2) is 0 Å². The SMILES string of the molecule is O=S(=O)(c1ccccc1)N(CCO)Cc1cccnc1. The Morgan fingerprint density at radius 2 is 1.85 bits per heavy atom. The molecule has 0 bridgehead atoms. The highest BCUT2D eigenvalue weighted by atomic mass is 32.2. The predicted molar refractivity (Wildman–Crippen MR) is 75.4 cm³/mol. The van der Waals surface area contributed by atoms with Crippen LogP contribution < -0.4 is 0 Å². The zero-order chi connectivity index (χ0) is 14.4. The van der Waals surface area contributed by atoms with E-state index in [2.05, 4.69) is 4.98 Å². The Kier molecular flexibility index (Phi) is 4.84. The van der Waals surface area contributed by atoms with Gasteiger partial charge in [-0.3, -0.25) is 4.98 Å². The van der Waals surface area contributed by atoms with Crippen molar-refractivity contribution >= 4 is 10.0 Å². The molecule has 6 heteroatoms. The third-order valence-corrected chi connectivity index (χ3v) is 4.67. The van der Waals surface area contributed by atoms with Crippen molar-refractivity contribution in [1.29, 1.82) is 0 Å². The van der Waals surface area contributed by atoms with E-state index in [1.54, 1.807) is 54.9 Å². The van der Waals surface area contributed by atoms with E-state index in [1.807, 2.05) is 0 Å². The lowest BCUT2D eigenvalue weighted by molar-refractivity contribution is 0.251. The fourth-order valence-electron chi connectivity index (χ4n) is 1.83. The fraction of sp³-hybridized carbons (Fsp3) is 0.214. The number of nitrogens with zero attached hydrogens (tertiary/aromatic N) is 2. The van der Waals surface area contributed by atoms with Crippen LogP contribution in [0, 0.1) is 0 Å². The Morgan fingerprint density at radius 3 is 2.45 bits per heavy atom. The molecule has 1 aromatic carbocycles. The Morgan fingerprint density at radius 1 is 1.10 bits per heavy atom. The van der Waals surface area contributed by atoms with E-state index in [9.17, 15) is 8.42 Å². The minimum atomic E-state index is -3.62. The molecule has 0 atom stereocenters. The average molecular weight is 292 g/mol. The first-order valence-corrected chi connectivity index (χ1v) is 7.63. The summed E-state index contributed by atoms with van der Waals surface area (Å²) < 4.78 is 26.3. The van der Waals surface area contributed by atoms with Crippen molar-refractivity contribution < 1.29 is 13.5 Å². The molecule has 1 N–H and O–H groups in total. The average Bonchev–Trinajstić information content (AvgIpc) is 2.49.